The molecular formula is C19H19F3N4. The maximum Gasteiger partial charge on any atom is 0.435 e. The minimum Gasteiger partial charge on any atom is -0.347 e. The first kappa shape index (κ1) is 16.9. The fourth-order valence-corrected chi connectivity index (χ4v) is 3.19. The van der Waals surface area contributed by atoms with Gasteiger partial charge in [0.05, 0.1) is 11.2 Å². The number of nitrogens with one attached hydrogen (secondary N) is 1. The molecule has 3 aromatic heterocycles. The van der Waals surface area contributed by atoms with E-state index in [2.05, 4.69) is 19.9 Å². The summed E-state index contributed by atoms with van der Waals surface area (Å²) >= 11 is 0. The van der Waals surface area contributed by atoms with E-state index >= 15 is 0 Å². The molecule has 3 heterocycles. The molecular weight excluding hydrogens is 341 g/mol. The van der Waals surface area contributed by atoms with Crippen LogP contribution in [-0.2, 0) is 12.7 Å². The van der Waals surface area contributed by atoms with Gasteiger partial charge in [0, 0.05) is 30.5 Å². The zero-order valence-corrected chi connectivity index (χ0v) is 14.3. The van der Waals surface area contributed by atoms with Gasteiger partial charge >= 0.3 is 6.18 Å². The lowest BCUT2D eigenvalue weighted by atomic mass is 10.1. The van der Waals surface area contributed by atoms with Crippen molar-refractivity contribution in [2.75, 3.05) is 5.32 Å². The number of alkyl halides is 3. The van der Waals surface area contributed by atoms with Gasteiger partial charge in [-0.15, -0.1) is 0 Å². The molecule has 0 unspecified atom stereocenters. The highest BCUT2D eigenvalue weighted by Gasteiger charge is 2.36. The molecule has 1 saturated carbocycles. The third kappa shape index (κ3) is 3.25. The normalized spacial score (nSPS) is 14.8. The van der Waals surface area contributed by atoms with Crippen LogP contribution in [0, 0.1) is 12.8 Å². The first-order valence-corrected chi connectivity index (χ1v) is 8.67. The molecule has 136 valence electrons. The van der Waals surface area contributed by atoms with E-state index in [0.717, 1.165) is 29.8 Å². The maximum absolute atomic E-state index is 13.3. The van der Waals surface area contributed by atoms with Gasteiger partial charge in [-0.25, -0.2) is 9.97 Å². The summed E-state index contributed by atoms with van der Waals surface area (Å²) in [6.45, 7) is 2.54. The molecule has 1 fully saturated rings. The van der Waals surface area contributed by atoms with Gasteiger partial charge in [-0.2, -0.15) is 13.2 Å². The van der Waals surface area contributed by atoms with Gasteiger partial charge < -0.3 is 9.88 Å². The van der Waals surface area contributed by atoms with E-state index in [1.807, 2.05) is 18.3 Å². The Hall–Kier alpha value is -2.57. The summed E-state index contributed by atoms with van der Waals surface area (Å²) in [6.07, 6.45) is 3.97. The lowest BCUT2D eigenvalue weighted by molar-refractivity contribution is -0.140. The molecule has 7 heteroatoms. The predicted molar refractivity (Wildman–Crippen MR) is 94.3 cm³/mol. The third-order valence-corrected chi connectivity index (χ3v) is 4.84. The second kappa shape index (κ2) is 6.30. The van der Waals surface area contributed by atoms with Crippen LogP contribution in [0.5, 0.6) is 0 Å². The molecule has 0 saturated heterocycles. The summed E-state index contributed by atoms with van der Waals surface area (Å²) in [6, 6.07) is 5.35. The molecule has 0 aromatic carbocycles. The summed E-state index contributed by atoms with van der Waals surface area (Å²) < 4.78 is 42.1. The molecule has 0 amide bonds. The maximum atomic E-state index is 13.3. The second-order valence-electron chi connectivity index (χ2n) is 6.81. The van der Waals surface area contributed by atoms with Gasteiger partial charge in [0.15, 0.2) is 5.69 Å². The number of pyridine rings is 2. The van der Waals surface area contributed by atoms with Crippen LogP contribution < -0.4 is 5.32 Å². The number of halogens is 3. The highest BCUT2D eigenvalue weighted by Crippen LogP contribution is 2.37. The largest absolute Gasteiger partial charge is 0.435 e. The van der Waals surface area contributed by atoms with E-state index in [-0.39, 0.29) is 5.69 Å². The Kier molecular flexibility index (Phi) is 4.09. The van der Waals surface area contributed by atoms with Crippen molar-refractivity contribution in [3.8, 4) is 0 Å². The highest BCUT2D eigenvalue weighted by atomic mass is 19.4. The van der Waals surface area contributed by atoms with Crippen molar-refractivity contribution in [3.63, 3.8) is 0 Å². The van der Waals surface area contributed by atoms with Gasteiger partial charge in [0.2, 0.25) is 0 Å². The number of hydrogen-bond donors (Lipinski definition) is 1. The van der Waals surface area contributed by atoms with E-state index in [9.17, 15) is 13.2 Å². The quantitative estimate of drug-likeness (QED) is 0.671. The molecule has 3 aromatic rings. The SMILES string of the molecule is Cc1ccnc(C(F)(F)F)c1Nc1nccc2c1ccn2CCC1CC1. The number of anilines is 2. The molecule has 1 aliphatic carbocycles. The minimum absolute atomic E-state index is 0.0502. The Morgan fingerprint density at radius 1 is 1.15 bits per heavy atom. The van der Waals surface area contributed by atoms with Crippen molar-refractivity contribution >= 4 is 22.4 Å². The van der Waals surface area contributed by atoms with E-state index in [1.165, 1.54) is 19.0 Å². The topological polar surface area (TPSA) is 42.7 Å². The van der Waals surface area contributed by atoms with Crippen molar-refractivity contribution in [1.82, 2.24) is 14.5 Å². The number of hydrogen-bond acceptors (Lipinski definition) is 3. The molecule has 1 N–H and O–H groups in total. The van der Waals surface area contributed by atoms with Crippen molar-refractivity contribution in [1.29, 1.82) is 0 Å². The zero-order chi connectivity index (χ0) is 18.3. The molecule has 4 nitrogen and oxygen atoms in total. The van der Waals surface area contributed by atoms with E-state index in [0.29, 0.717) is 11.4 Å². The monoisotopic (exact) mass is 360 g/mol. The summed E-state index contributed by atoms with van der Waals surface area (Å²) in [4.78, 5) is 7.80. The predicted octanol–water partition coefficient (Wildman–Crippen LogP) is 5.30. The van der Waals surface area contributed by atoms with Crippen molar-refractivity contribution < 1.29 is 13.2 Å². The average molecular weight is 360 g/mol. The molecule has 1 aliphatic rings. The number of rotatable bonds is 5. The van der Waals surface area contributed by atoms with Gasteiger partial charge in [-0.3, -0.25) is 0 Å². The van der Waals surface area contributed by atoms with Crippen LogP contribution in [0.25, 0.3) is 10.9 Å². The number of aryl methyl sites for hydroxylation is 2. The first-order chi connectivity index (χ1) is 12.4. The molecule has 0 aliphatic heterocycles. The fourth-order valence-electron chi connectivity index (χ4n) is 3.19. The summed E-state index contributed by atoms with van der Waals surface area (Å²) in [5.74, 6) is 1.23. The fraction of sp³-hybridized carbons (Fsp3) is 0.368. The lowest BCUT2D eigenvalue weighted by Crippen LogP contribution is -2.13. The zero-order valence-electron chi connectivity index (χ0n) is 14.3. The van der Waals surface area contributed by atoms with Crippen molar-refractivity contribution in [3.05, 3.63) is 48.0 Å². The van der Waals surface area contributed by atoms with Gasteiger partial charge in [-0.05, 0) is 43.0 Å². The molecule has 0 atom stereocenters. The van der Waals surface area contributed by atoms with Gasteiger partial charge in [0.25, 0.3) is 0 Å². The first-order valence-electron chi connectivity index (χ1n) is 8.67. The minimum atomic E-state index is -4.53. The number of aromatic nitrogens is 3. The van der Waals surface area contributed by atoms with Crippen LogP contribution in [-0.4, -0.2) is 14.5 Å². The Morgan fingerprint density at radius 2 is 1.92 bits per heavy atom. The highest BCUT2D eigenvalue weighted by molar-refractivity contribution is 5.92. The second-order valence-corrected chi connectivity index (χ2v) is 6.81. The van der Waals surface area contributed by atoms with Gasteiger partial charge in [-0.1, -0.05) is 12.8 Å². The lowest BCUT2D eigenvalue weighted by Gasteiger charge is -2.16. The smallest absolute Gasteiger partial charge is 0.347 e. The third-order valence-electron chi connectivity index (χ3n) is 4.84. The summed E-state index contributed by atoms with van der Waals surface area (Å²) in [7, 11) is 0. The Morgan fingerprint density at radius 3 is 2.65 bits per heavy atom. The van der Waals surface area contributed by atoms with Crippen LogP contribution in [0.3, 0.4) is 0 Å². The van der Waals surface area contributed by atoms with E-state index in [1.54, 1.807) is 19.2 Å². The Labute approximate surface area is 149 Å². The Bertz CT molecular complexity index is 942. The van der Waals surface area contributed by atoms with E-state index in [4.69, 9.17) is 0 Å². The molecule has 26 heavy (non-hydrogen) atoms. The molecule has 0 bridgehead atoms. The Balaban J connectivity index is 1.70. The average Bonchev–Trinajstić information content (AvgIpc) is 3.33. The summed E-state index contributed by atoms with van der Waals surface area (Å²) in [5, 5.41) is 3.68. The number of nitrogens with zero attached hydrogens (tertiary/aromatic N) is 3. The van der Waals surface area contributed by atoms with Crippen LogP contribution in [0.2, 0.25) is 0 Å². The molecule has 4 rings (SSSR count). The van der Waals surface area contributed by atoms with Gasteiger partial charge in [0.1, 0.15) is 5.82 Å². The molecule has 0 radical (unpaired) electrons. The van der Waals surface area contributed by atoms with Crippen molar-refractivity contribution in [2.45, 2.75) is 38.9 Å². The van der Waals surface area contributed by atoms with Crippen molar-refractivity contribution in [2.24, 2.45) is 5.92 Å². The van der Waals surface area contributed by atoms with Crippen LogP contribution >= 0.6 is 0 Å². The number of fused-ring (bicyclic) bond motifs is 1. The van der Waals surface area contributed by atoms with Crippen LogP contribution in [0.4, 0.5) is 24.7 Å². The molecule has 0 spiro atoms. The van der Waals surface area contributed by atoms with E-state index < -0.39 is 11.9 Å². The summed E-state index contributed by atoms with van der Waals surface area (Å²) in [5.41, 5.74) is 0.466. The standard InChI is InChI=1S/C19H19F3N4/c1-12-4-8-23-17(19(20,21)22)16(12)25-18-14-7-11-26(10-6-13-2-3-13)15(14)5-9-24-18/h4-5,7-9,11,13H,2-3,6,10H2,1H3,(H,24,25). The van der Waals surface area contributed by atoms with Crippen LogP contribution in [0.1, 0.15) is 30.5 Å². The van der Waals surface area contributed by atoms with Crippen LogP contribution in [0.15, 0.2) is 36.8 Å².